The van der Waals surface area contributed by atoms with Crippen LogP contribution in [0.25, 0.3) is 0 Å². The molecule has 2 N–H and O–H groups in total. The quantitative estimate of drug-likeness (QED) is 0.748. The van der Waals surface area contributed by atoms with Crippen LogP contribution < -0.4 is 5.73 Å². The van der Waals surface area contributed by atoms with Gasteiger partial charge in [0.15, 0.2) is 5.78 Å². The average Bonchev–Trinajstić information content (AvgIpc) is 3.02. The van der Waals surface area contributed by atoms with Gasteiger partial charge in [0, 0.05) is 12.5 Å². The molecular formula is C13H13F2NO. The molecule has 0 aliphatic heterocycles. The second kappa shape index (κ2) is 3.35. The zero-order chi connectivity index (χ0) is 12.2. The van der Waals surface area contributed by atoms with E-state index >= 15 is 0 Å². The van der Waals surface area contributed by atoms with Crippen molar-refractivity contribution in [1.82, 2.24) is 0 Å². The van der Waals surface area contributed by atoms with E-state index in [4.69, 9.17) is 5.73 Å². The number of hydrogen-bond donors (Lipinski definition) is 1. The molecule has 1 aromatic rings. The lowest BCUT2D eigenvalue weighted by atomic mass is 9.88. The predicted molar refractivity (Wildman–Crippen MR) is 58.6 cm³/mol. The van der Waals surface area contributed by atoms with Crippen LogP contribution in [0.2, 0.25) is 0 Å². The number of nitrogens with two attached hydrogens (primary N) is 1. The molecule has 1 atom stereocenters. The van der Waals surface area contributed by atoms with Crippen LogP contribution in [0.3, 0.4) is 0 Å². The Kier molecular flexibility index (Phi) is 2.14. The Morgan fingerprint density at radius 1 is 1.29 bits per heavy atom. The molecule has 2 aliphatic carbocycles. The molecule has 17 heavy (non-hydrogen) atoms. The summed E-state index contributed by atoms with van der Waals surface area (Å²) in [6, 6.07) is 1.67. The maximum Gasteiger partial charge on any atom is 0.154 e. The summed E-state index contributed by atoms with van der Waals surface area (Å²) in [5, 5.41) is 0. The summed E-state index contributed by atoms with van der Waals surface area (Å²) in [5.74, 6) is -1.34. The molecule has 1 spiro atoms. The first kappa shape index (κ1) is 10.8. The standard InChI is InChI=1S/C13H13F2NO/c14-7-3-9-8(10(15)4-7)5-12(17)11(16)6-13(9)1-2-13/h3-4,11H,1-2,5-6,16H2. The van der Waals surface area contributed by atoms with Gasteiger partial charge in [-0.2, -0.15) is 0 Å². The molecule has 3 rings (SSSR count). The van der Waals surface area contributed by atoms with Crippen molar-refractivity contribution in [2.24, 2.45) is 5.73 Å². The number of fused-ring (bicyclic) bond motifs is 2. The molecule has 1 aromatic carbocycles. The minimum absolute atomic E-state index is 0.00956. The molecule has 0 saturated heterocycles. The van der Waals surface area contributed by atoms with Crippen LogP contribution in [0.15, 0.2) is 12.1 Å². The van der Waals surface area contributed by atoms with E-state index in [0.717, 1.165) is 18.9 Å². The molecule has 1 saturated carbocycles. The molecule has 90 valence electrons. The Labute approximate surface area is 97.8 Å². The third-order valence-electron chi connectivity index (χ3n) is 3.96. The third kappa shape index (κ3) is 1.59. The van der Waals surface area contributed by atoms with Crippen LogP contribution in [-0.4, -0.2) is 11.8 Å². The van der Waals surface area contributed by atoms with Crippen molar-refractivity contribution >= 4 is 5.78 Å². The summed E-state index contributed by atoms with van der Waals surface area (Å²) in [6.07, 6.45) is 2.24. The van der Waals surface area contributed by atoms with Gasteiger partial charge in [-0.15, -0.1) is 0 Å². The monoisotopic (exact) mass is 237 g/mol. The van der Waals surface area contributed by atoms with Crippen molar-refractivity contribution < 1.29 is 13.6 Å². The summed E-state index contributed by atoms with van der Waals surface area (Å²) in [6.45, 7) is 0. The summed E-state index contributed by atoms with van der Waals surface area (Å²) < 4.78 is 27.0. The number of carbonyl (C=O) groups excluding carboxylic acids is 1. The van der Waals surface area contributed by atoms with Crippen LogP contribution in [0.5, 0.6) is 0 Å². The van der Waals surface area contributed by atoms with Gasteiger partial charge in [-0.05, 0) is 41.9 Å². The molecular weight excluding hydrogens is 224 g/mol. The fraction of sp³-hybridized carbons (Fsp3) is 0.462. The summed E-state index contributed by atoms with van der Waals surface area (Å²) in [5.41, 5.74) is 6.56. The van der Waals surface area contributed by atoms with Gasteiger partial charge in [0.05, 0.1) is 6.04 Å². The first-order valence-corrected chi connectivity index (χ1v) is 5.78. The van der Waals surface area contributed by atoms with Gasteiger partial charge in [-0.25, -0.2) is 8.78 Å². The Morgan fingerprint density at radius 2 is 2.00 bits per heavy atom. The first-order chi connectivity index (χ1) is 8.02. The summed E-state index contributed by atoms with van der Waals surface area (Å²) in [4.78, 5) is 11.7. The second-order valence-corrected chi connectivity index (χ2v) is 5.15. The lowest BCUT2D eigenvalue weighted by Gasteiger charge is -2.17. The topological polar surface area (TPSA) is 43.1 Å². The Morgan fingerprint density at radius 3 is 2.65 bits per heavy atom. The van der Waals surface area contributed by atoms with Crippen LogP contribution in [-0.2, 0) is 16.6 Å². The summed E-state index contributed by atoms with van der Waals surface area (Å²) >= 11 is 0. The van der Waals surface area contributed by atoms with Gasteiger partial charge in [-0.3, -0.25) is 4.79 Å². The van der Waals surface area contributed by atoms with Gasteiger partial charge in [-0.1, -0.05) is 0 Å². The predicted octanol–water partition coefficient (Wildman–Crippen LogP) is 1.84. The van der Waals surface area contributed by atoms with E-state index in [2.05, 4.69) is 0 Å². The molecule has 4 heteroatoms. The van der Waals surface area contributed by atoms with Gasteiger partial charge >= 0.3 is 0 Å². The lowest BCUT2D eigenvalue weighted by molar-refractivity contribution is -0.119. The Hall–Kier alpha value is -1.29. The zero-order valence-corrected chi connectivity index (χ0v) is 9.30. The lowest BCUT2D eigenvalue weighted by Crippen LogP contribution is -2.32. The molecule has 1 unspecified atom stereocenters. The van der Waals surface area contributed by atoms with Crippen molar-refractivity contribution in [3.05, 3.63) is 34.9 Å². The normalized spacial score (nSPS) is 25.6. The molecule has 0 amide bonds. The van der Waals surface area contributed by atoms with Gasteiger partial charge in [0.25, 0.3) is 0 Å². The second-order valence-electron chi connectivity index (χ2n) is 5.15. The number of Topliss-reactive ketones (excluding diaryl/α,β-unsaturated/α-hetero) is 1. The number of carbonyl (C=O) groups is 1. The molecule has 2 nitrogen and oxygen atoms in total. The smallest absolute Gasteiger partial charge is 0.154 e. The molecule has 0 radical (unpaired) electrons. The maximum absolute atomic E-state index is 13.8. The molecule has 0 heterocycles. The zero-order valence-electron chi connectivity index (χ0n) is 9.30. The van der Waals surface area contributed by atoms with Gasteiger partial charge in [0.2, 0.25) is 0 Å². The van der Waals surface area contributed by atoms with Gasteiger partial charge < -0.3 is 5.73 Å². The number of ketones is 1. The Bertz CT molecular complexity index is 508. The third-order valence-corrected chi connectivity index (χ3v) is 3.96. The van der Waals surface area contributed by atoms with Crippen LogP contribution in [0.4, 0.5) is 8.78 Å². The van der Waals surface area contributed by atoms with E-state index < -0.39 is 17.7 Å². The van der Waals surface area contributed by atoms with Crippen LogP contribution >= 0.6 is 0 Å². The highest BCUT2D eigenvalue weighted by Crippen LogP contribution is 2.54. The maximum atomic E-state index is 13.8. The highest BCUT2D eigenvalue weighted by atomic mass is 19.1. The van der Waals surface area contributed by atoms with Crippen molar-refractivity contribution in [3.63, 3.8) is 0 Å². The van der Waals surface area contributed by atoms with E-state index in [1.165, 1.54) is 6.07 Å². The summed E-state index contributed by atoms with van der Waals surface area (Å²) in [7, 11) is 0. The van der Waals surface area contributed by atoms with E-state index in [-0.39, 0.29) is 17.6 Å². The molecule has 0 bridgehead atoms. The molecule has 0 aromatic heterocycles. The average molecular weight is 237 g/mol. The van der Waals surface area contributed by atoms with E-state index in [1.54, 1.807) is 0 Å². The number of benzene rings is 1. The number of rotatable bonds is 0. The van der Waals surface area contributed by atoms with E-state index in [0.29, 0.717) is 17.5 Å². The number of hydrogen-bond acceptors (Lipinski definition) is 2. The van der Waals surface area contributed by atoms with Crippen molar-refractivity contribution in [1.29, 1.82) is 0 Å². The minimum atomic E-state index is -0.617. The largest absolute Gasteiger partial charge is 0.321 e. The highest BCUT2D eigenvalue weighted by molar-refractivity contribution is 5.87. The molecule has 1 fully saturated rings. The highest BCUT2D eigenvalue weighted by Gasteiger charge is 2.49. The van der Waals surface area contributed by atoms with Crippen molar-refractivity contribution in [2.75, 3.05) is 0 Å². The van der Waals surface area contributed by atoms with Gasteiger partial charge in [0.1, 0.15) is 11.6 Å². The van der Waals surface area contributed by atoms with Crippen molar-refractivity contribution in [2.45, 2.75) is 37.1 Å². The molecule has 2 aliphatic rings. The fourth-order valence-electron chi connectivity index (χ4n) is 2.83. The SMILES string of the molecule is NC1CC2(CC2)c2cc(F)cc(F)c2CC1=O. The van der Waals surface area contributed by atoms with Crippen molar-refractivity contribution in [3.8, 4) is 0 Å². The Balaban J connectivity index is 2.19. The fourth-order valence-corrected chi connectivity index (χ4v) is 2.83. The van der Waals surface area contributed by atoms with Crippen LogP contribution in [0, 0.1) is 11.6 Å². The first-order valence-electron chi connectivity index (χ1n) is 5.78. The van der Waals surface area contributed by atoms with Crippen LogP contribution in [0.1, 0.15) is 30.4 Å². The minimum Gasteiger partial charge on any atom is -0.321 e. The van der Waals surface area contributed by atoms with E-state index in [1.807, 2.05) is 0 Å². The number of halogens is 2. The van der Waals surface area contributed by atoms with E-state index in [9.17, 15) is 13.6 Å².